The first-order valence-corrected chi connectivity index (χ1v) is 8.33. The molecule has 0 saturated heterocycles. The molecule has 0 aliphatic carbocycles. The first-order valence-electron chi connectivity index (χ1n) is 8.33. The zero-order chi connectivity index (χ0) is 18.1. The molecule has 0 atom stereocenters. The van der Waals surface area contributed by atoms with Crippen LogP contribution in [-0.2, 0) is 6.54 Å². The maximum Gasteiger partial charge on any atom is 0.354 e. The van der Waals surface area contributed by atoms with Crippen molar-refractivity contribution in [3.63, 3.8) is 0 Å². The fourth-order valence-corrected chi connectivity index (χ4v) is 3.04. The maximum atomic E-state index is 11.2. The van der Waals surface area contributed by atoms with Crippen LogP contribution in [0, 0.1) is 6.92 Å². The number of rotatable bonds is 4. The van der Waals surface area contributed by atoms with Crippen LogP contribution in [0.3, 0.4) is 0 Å². The highest BCUT2D eigenvalue weighted by atomic mass is 16.4. The van der Waals surface area contributed by atoms with Crippen molar-refractivity contribution in [1.82, 2.24) is 14.5 Å². The molecule has 0 bridgehead atoms. The summed E-state index contributed by atoms with van der Waals surface area (Å²) in [5.74, 6) is -0.230. The molecule has 1 N–H and O–H groups in total. The molecule has 0 aliphatic rings. The van der Waals surface area contributed by atoms with Crippen LogP contribution in [0.15, 0.2) is 66.7 Å². The summed E-state index contributed by atoms with van der Waals surface area (Å²) < 4.78 is 1.94. The molecule has 0 spiro atoms. The van der Waals surface area contributed by atoms with Crippen molar-refractivity contribution < 1.29 is 9.90 Å². The molecule has 0 fully saturated rings. The summed E-state index contributed by atoms with van der Waals surface area (Å²) in [6.07, 6.45) is 0. The number of benzene rings is 2. The van der Waals surface area contributed by atoms with Crippen molar-refractivity contribution in [1.29, 1.82) is 0 Å². The lowest BCUT2D eigenvalue weighted by Gasteiger charge is -2.08. The third-order valence-corrected chi connectivity index (χ3v) is 4.40. The van der Waals surface area contributed by atoms with Gasteiger partial charge in [-0.25, -0.2) is 14.8 Å². The summed E-state index contributed by atoms with van der Waals surface area (Å²) in [5.41, 5.74) is 4.76. The van der Waals surface area contributed by atoms with E-state index in [1.54, 1.807) is 6.07 Å². The predicted octanol–water partition coefficient (Wildman–Crippen LogP) is 4.15. The monoisotopic (exact) mass is 343 g/mol. The van der Waals surface area contributed by atoms with Gasteiger partial charge in [0.15, 0.2) is 11.3 Å². The number of carboxylic acids is 1. The number of nitrogens with zero attached hydrogens (tertiary/aromatic N) is 3. The van der Waals surface area contributed by atoms with Crippen LogP contribution in [0.2, 0.25) is 0 Å². The standard InChI is InChI=1S/C21H17N3O2/c1-14-22-18-11-12-19(21(25)26)23-20(18)24(14)13-15-7-9-17(10-8-15)16-5-3-2-4-6-16/h2-12H,13H2,1H3,(H,25,26). The molecule has 0 aliphatic heterocycles. The van der Waals surface area contributed by atoms with E-state index < -0.39 is 5.97 Å². The van der Waals surface area contributed by atoms with Gasteiger partial charge in [-0.15, -0.1) is 0 Å². The van der Waals surface area contributed by atoms with Gasteiger partial charge in [0.1, 0.15) is 11.3 Å². The van der Waals surface area contributed by atoms with Crippen molar-refractivity contribution in [2.75, 3.05) is 0 Å². The van der Waals surface area contributed by atoms with Gasteiger partial charge in [-0.3, -0.25) is 0 Å². The number of fused-ring (bicyclic) bond motifs is 1. The van der Waals surface area contributed by atoms with E-state index in [4.69, 9.17) is 0 Å². The van der Waals surface area contributed by atoms with E-state index in [1.165, 1.54) is 11.6 Å². The number of pyridine rings is 1. The van der Waals surface area contributed by atoms with Gasteiger partial charge in [0, 0.05) is 0 Å². The molecule has 0 unspecified atom stereocenters. The van der Waals surface area contributed by atoms with Crippen LogP contribution in [0.25, 0.3) is 22.3 Å². The van der Waals surface area contributed by atoms with E-state index in [9.17, 15) is 9.90 Å². The van der Waals surface area contributed by atoms with Gasteiger partial charge in [0.2, 0.25) is 0 Å². The van der Waals surface area contributed by atoms with Crippen molar-refractivity contribution in [2.45, 2.75) is 13.5 Å². The van der Waals surface area contributed by atoms with Crippen LogP contribution in [-0.4, -0.2) is 25.6 Å². The molecule has 5 heteroatoms. The molecule has 0 radical (unpaired) electrons. The Morgan fingerprint density at radius 2 is 1.62 bits per heavy atom. The zero-order valence-corrected chi connectivity index (χ0v) is 14.3. The largest absolute Gasteiger partial charge is 0.477 e. The van der Waals surface area contributed by atoms with Crippen molar-refractivity contribution in [3.05, 3.63) is 83.8 Å². The first kappa shape index (κ1) is 16.0. The average Bonchev–Trinajstić information content (AvgIpc) is 2.98. The Kier molecular flexibility index (Phi) is 3.97. The van der Waals surface area contributed by atoms with Crippen LogP contribution in [0.1, 0.15) is 21.9 Å². The van der Waals surface area contributed by atoms with E-state index in [-0.39, 0.29) is 5.69 Å². The molecule has 4 aromatic rings. The highest BCUT2D eigenvalue weighted by molar-refractivity contribution is 5.88. The Bertz CT molecular complexity index is 1080. The van der Waals surface area contributed by atoms with E-state index in [0.29, 0.717) is 17.7 Å². The third-order valence-electron chi connectivity index (χ3n) is 4.40. The maximum absolute atomic E-state index is 11.2. The fourth-order valence-electron chi connectivity index (χ4n) is 3.04. The molecule has 0 saturated carbocycles. The summed E-state index contributed by atoms with van der Waals surface area (Å²) in [4.78, 5) is 19.9. The van der Waals surface area contributed by atoms with Crippen LogP contribution in [0.5, 0.6) is 0 Å². The van der Waals surface area contributed by atoms with E-state index >= 15 is 0 Å². The van der Waals surface area contributed by atoms with Crippen molar-refractivity contribution in [2.24, 2.45) is 0 Å². The molecule has 4 rings (SSSR count). The second-order valence-corrected chi connectivity index (χ2v) is 6.15. The van der Waals surface area contributed by atoms with Crippen molar-refractivity contribution in [3.8, 4) is 11.1 Å². The Hall–Kier alpha value is -3.47. The minimum atomic E-state index is -1.04. The molecule has 5 nitrogen and oxygen atoms in total. The molecule has 2 aromatic heterocycles. The van der Waals surface area contributed by atoms with Gasteiger partial charge in [-0.05, 0) is 35.7 Å². The second-order valence-electron chi connectivity index (χ2n) is 6.15. The topological polar surface area (TPSA) is 68.0 Å². The van der Waals surface area contributed by atoms with Gasteiger partial charge in [0.25, 0.3) is 0 Å². The van der Waals surface area contributed by atoms with Gasteiger partial charge < -0.3 is 9.67 Å². The normalized spacial score (nSPS) is 11.0. The Morgan fingerprint density at radius 1 is 0.923 bits per heavy atom. The van der Waals surface area contributed by atoms with E-state index in [2.05, 4.69) is 46.4 Å². The second kappa shape index (κ2) is 6.44. The van der Waals surface area contributed by atoms with E-state index in [0.717, 1.165) is 17.0 Å². The zero-order valence-electron chi connectivity index (χ0n) is 14.3. The quantitative estimate of drug-likeness (QED) is 0.604. The molecule has 26 heavy (non-hydrogen) atoms. The Labute approximate surface area is 150 Å². The number of hydrogen-bond acceptors (Lipinski definition) is 3. The summed E-state index contributed by atoms with van der Waals surface area (Å²) in [6.45, 7) is 2.49. The number of aromatic carboxylic acids is 1. The van der Waals surface area contributed by atoms with Gasteiger partial charge in [-0.2, -0.15) is 0 Å². The summed E-state index contributed by atoms with van der Waals surface area (Å²) >= 11 is 0. The molecule has 2 heterocycles. The molecular formula is C21H17N3O2. The number of aromatic nitrogens is 3. The van der Waals surface area contributed by atoms with Gasteiger partial charge in [-0.1, -0.05) is 54.6 Å². The molecule has 2 aromatic carbocycles. The Balaban J connectivity index is 1.67. The van der Waals surface area contributed by atoms with Crippen LogP contribution >= 0.6 is 0 Å². The molecular weight excluding hydrogens is 326 g/mol. The Morgan fingerprint density at radius 3 is 2.31 bits per heavy atom. The van der Waals surface area contributed by atoms with Crippen LogP contribution < -0.4 is 0 Å². The first-order chi connectivity index (χ1) is 12.6. The number of carbonyl (C=O) groups is 1. The molecule has 128 valence electrons. The van der Waals surface area contributed by atoms with Gasteiger partial charge >= 0.3 is 5.97 Å². The number of imidazole rings is 1. The van der Waals surface area contributed by atoms with E-state index in [1.807, 2.05) is 29.7 Å². The predicted molar refractivity (Wildman–Crippen MR) is 100 cm³/mol. The van der Waals surface area contributed by atoms with Crippen molar-refractivity contribution >= 4 is 17.1 Å². The highest BCUT2D eigenvalue weighted by Gasteiger charge is 2.13. The minimum Gasteiger partial charge on any atom is -0.477 e. The summed E-state index contributed by atoms with van der Waals surface area (Å²) in [5, 5.41) is 9.18. The number of aryl methyl sites for hydroxylation is 1. The fraction of sp³-hybridized carbons (Fsp3) is 0.0952. The number of hydrogen-bond donors (Lipinski definition) is 1. The van der Waals surface area contributed by atoms with Gasteiger partial charge in [0.05, 0.1) is 6.54 Å². The summed E-state index contributed by atoms with van der Waals surface area (Å²) in [7, 11) is 0. The van der Waals surface area contributed by atoms with Crippen LogP contribution in [0.4, 0.5) is 0 Å². The SMILES string of the molecule is Cc1nc2ccc(C(=O)O)nc2n1Cc1ccc(-c2ccccc2)cc1. The smallest absolute Gasteiger partial charge is 0.354 e. The summed E-state index contributed by atoms with van der Waals surface area (Å²) in [6, 6.07) is 21.7. The highest BCUT2D eigenvalue weighted by Crippen LogP contribution is 2.21. The average molecular weight is 343 g/mol. The lowest BCUT2D eigenvalue weighted by molar-refractivity contribution is 0.0691. The lowest BCUT2D eigenvalue weighted by atomic mass is 10.0. The molecule has 0 amide bonds. The lowest BCUT2D eigenvalue weighted by Crippen LogP contribution is -2.05. The third kappa shape index (κ3) is 2.95. The minimum absolute atomic E-state index is 0.0260. The number of carboxylic acid groups (broad SMARTS) is 1.